The molecule has 0 spiro atoms. The Morgan fingerprint density at radius 1 is 1.16 bits per heavy atom. The number of aryl methyl sites for hydroxylation is 1. The zero-order chi connectivity index (χ0) is 22.0. The van der Waals surface area contributed by atoms with Gasteiger partial charge in [0, 0.05) is 37.3 Å². The Bertz CT molecular complexity index is 1140. The molecular weight excluding hydrogens is 416 g/mol. The maximum Gasteiger partial charge on any atom is 0.262 e. The fourth-order valence-corrected chi connectivity index (χ4v) is 4.81. The zero-order valence-corrected chi connectivity index (χ0v) is 18.0. The highest BCUT2D eigenvalue weighted by Crippen LogP contribution is 2.26. The van der Waals surface area contributed by atoms with Crippen LogP contribution in [0.25, 0.3) is 0 Å². The highest BCUT2D eigenvalue weighted by molar-refractivity contribution is 7.90. The molecule has 0 aromatic heterocycles. The number of nitrogens with one attached hydrogen (secondary N) is 2. The first-order valence-electron chi connectivity index (χ1n) is 10.2. The smallest absolute Gasteiger partial charge is 0.262 e. The van der Waals surface area contributed by atoms with Gasteiger partial charge in [0.15, 0.2) is 0 Å². The summed E-state index contributed by atoms with van der Waals surface area (Å²) in [6.45, 7) is 2.87. The van der Waals surface area contributed by atoms with Crippen LogP contribution < -0.4 is 14.9 Å². The average Bonchev–Trinajstić information content (AvgIpc) is 3.38. The third kappa shape index (κ3) is 4.77. The summed E-state index contributed by atoms with van der Waals surface area (Å²) in [5, 5.41) is 2.75. The van der Waals surface area contributed by atoms with Crippen LogP contribution in [0.1, 0.15) is 24.8 Å². The molecule has 2 aromatic rings. The Balaban J connectivity index is 1.43. The number of amides is 2. The molecule has 162 valence electrons. The van der Waals surface area contributed by atoms with Gasteiger partial charge in [-0.05, 0) is 43.7 Å². The molecule has 1 atom stereocenters. The van der Waals surface area contributed by atoms with Crippen molar-refractivity contribution in [2.75, 3.05) is 23.3 Å². The molecule has 2 N–H and O–H groups in total. The molecule has 2 aromatic carbocycles. The van der Waals surface area contributed by atoms with Gasteiger partial charge in [0.2, 0.25) is 11.8 Å². The highest BCUT2D eigenvalue weighted by atomic mass is 32.2. The van der Waals surface area contributed by atoms with Crippen LogP contribution in [0.2, 0.25) is 0 Å². The molecule has 1 saturated heterocycles. The number of nitrogens with zero attached hydrogens (tertiary/aromatic N) is 2. The normalized spacial score (nSPS) is 18.7. The number of sulfonamides is 1. The van der Waals surface area contributed by atoms with Crippen molar-refractivity contribution in [3.8, 4) is 0 Å². The van der Waals surface area contributed by atoms with E-state index in [4.69, 9.17) is 0 Å². The molecule has 2 amide bonds. The molecule has 1 fully saturated rings. The summed E-state index contributed by atoms with van der Waals surface area (Å²) in [6.07, 6.45) is 1.54. The first-order chi connectivity index (χ1) is 14.8. The molecule has 0 radical (unpaired) electrons. The molecule has 0 bridgehead atoms. The van der Waals surface area contributed by atoms with Crippen LogP contribution in [0.3, 0.4) is 0 Å². The molecular formula is C22H24N4O4S. The summed E-state index contributed by atoms with van der Waals surface area (Å²) in [5.74, 6) is -0.484. The molecule has 2 aliphatic heterocycles. The van der Waals surface area contributed by atoms with Crippen molar-refractivity contribution in [3.05, 3.63) is 54.1 Å². The largest absolute Gasteiger partial charge is 0.326 e. The first-order valence-corrected chi connectivity index (χ1v) is 11.6. The van der Waals surface area contributed by atoms with Gasteiger partial charge in [0.05, 0.1) is 10.8 Å². The zero-order valence-electron chi connectivity index (χ0n) is 17.2. The van der Waals surface area contributed by atoms with Crippen LogP contribution in [0, 0.1) is 12.8 Å². The fraction of sp³-hybridized carbons (Fsp3) is 0.318. The van der Waals surface area contributed by atoms with Crippen LogP contribution in [-0.2, 0) is 19.6 Å². The number of hydrogen-bond donors (Lipinski definition) is 2. The number of aliphatic imine (C=N–C) groups is 1. The van der Waals surface area contributed by atoms with Gasteiger partial charge in [0.1, 0.15) is 5.84 Å². The predicted molar refractivity (Wildman–Crippen MR) is 119 cm³/mol. The van der Waals surface area contributed by atoms with Crippen molar-refractivity contribution in [1.29, 1.82) is 0 Å². The topological polar surface area (TPSA) is 108 Å². The molecule has 31 heavy (non-hydrogen) atoms. The number of rotatable bonds is 5. The lowest BCUT2D eigenvalue weighted by molar-refractivity contribution is -0.122. The second-order valence-corrected chi connectivity index (χ2v) is 9.48. The molecule has 4 rings (SSSR count). The highest BCUT2D eigenvalue weighted by Gasteiger charge is 2.35. The quantitative estimate of drug-likeness (QED) is 0.744. The lowest BCUT2D eigenvalue weighted by Gasteiger charge is -2.17. The van der Waals surface area contributed by atoms with Crippen LogP contribution in [-0.4, -0.2) is 39.2 Å². The summed E-state index contributed by atoms with van der Waals surface area (Å²) >= 11 is 0. The maximum absolute atomic E-state index is 12.8. The van der Waals surface area contributed by atoms with Gasteiger partial charge >= 0.3 is 0 Å². The third-order valence-corrected chi connectivity index (χ3v) is 6.76. The summed E-state index contributed by atoms with van der Waals surface area (Å²) < 4.78 is 27.7. The molecule has 2 aliphatic rings. The van der Waals surface area contributed by atoms with Crippen molar-refractivity contribution < 1.29 is 18.0 Å². The van der Waals surface area contributed by atoms with Crippen molar-refractivity contribution in [2.45, 2.75) is 31.1 Å². The maximum atomic E-state index is 12.8. The Labute approximate surface area is 181 Å². The third-order valence-electron chi connectivity index (χ3n) is 5.38. The number of carbonyl (C=O) groups is 2. The van der Waals surface area contributed by atoms with E-state index in [-0.39, 0.29) is 29.7 Å². The van der Waals surface area contributed by atoms with Gasteiger partial charge in [-0.25, -0.2) is 8.42 Å². The number of anilines is 2. The van der Waals surface area contributed by atoms with Crippen LogP contribution in [0.5, 0.6) is 0 Å². The van der Waals surface area contributed by atoms with Gasteiger partial charge in [-0.15, -0.1) is 0 Å². The standard InChI is InChI=1S/C22H24N4O4S/c1-15-7-9-18(10-8-15)26-14-16(12-21(26)27)22(28)24-17-4-2-5-19(13-17)31(29,30)25-20-6-3-11-23-20/h2,4-5,7-10,13,16H,3,6,11-12,14H2,1H3,(H,23,25)(H,24,28). The lowest BCUT2D eigenvalue weighted by Crippen LogP contribution is -2.29. The van der Waals surface area contributed by atoms with E-state index < -0.39 is 15.9 Å². The van der Waals surface area contributed by atoms with Gasteiger partial charge in [-0.1, -0.05) is 23.8 Å². The fourth-order valence-electron chi connectivity index (χ4n) is 3.68. The molecule has 0 aliphatic carbocycles. The Morgan fingerprint density at radius 2 is 1.94 bits per heavy atom. The number of amidine groups is 1. The molecule has 0 saturated carbocycles. The molecule has 1 unspecified atom stereocenters. The van der Waals surface area contributed by atoms with Crippen molar-refractivity contribution in [1.82, 2.24) is 4.72 Å². The van der Waals surface area contributed by atoms with E-state index in [1.807, 2.05) is 31.2 Å². The van der Waals surface area contributed by atoms with Crippen LogP contribution >= 0.6 is 0 Å². The SMILES string of the molecule is Cc1ccc(N2CC(C(=O)Nc3cccc(S(=O)(=O)NC4=NCCC4)c3)CC2=O)cc1. The second kappa shape index (κ2) is 8.50. The van der Waals surface area contributed by atoms with Crippen LogP contribution in [0.4, 0.5) is 11.4 Å². The van der Waals surface area contributed by atoms with Gasteiger partial charge in [-0.3, -0.25) is 19.3 Å². The number of carbonyl (C=O) groups excluding carboxylic acids is 2. The summed E-state index contributed by atoms with van der Waals surface area (Å²) in [7, 11) is -3.77. The van der Waals surface area contributed by atoms with E-state index in [1.165, 1.54) is 12.1 Å². The number of hydrogen-bond acceptors (Lipinski definition) is 5. The summed E-state index contributed by atoms with van der Waals surface area (Å²) in [5.41, 5.74) is 2.22. The lowest BCUT2D eigenvalue weighted by atomic mass is 10.1. The van der Waals surface area contributed by atoms with Gasteiger partial charge < -0.3 is 10.2 Å². The minimum absolute atomic E-state index is 0.0451. The van der Waals surface area contributed by atoms with E-state index in [0.717, 1.165) is 17.7 Å². The molecule has 8 nitrogen and oxygen atoms in total. The van der Waals surface area contributed by atoms with Gasteiger partial charge in [0.25, 0.3) is 10.0 Å². The summed E-state index contributed by atoms with van der Waals surface area (Å²) in [4.78, 5) is 31.0. The molecule has 2 heterocycles. The minimum Gasteiger partial charge on any atom is -0.326 e. The van der Waals surface area contributed by atoms with Crippen molar-refractivity contribution in [3.63, 3.8) is 0 Å². The first kappa shape index (κ1) is 21.0. The Kier molecular flexibility index (Phi) is 5.77. The number of benzene rings is 2. The van der Waals surface area contributed by atoms with E-state index in [9.17, 15) is 18.0 Å². The monoisotopic (exact) mass is 440 g/mol. The summed E-state index contributed by atoms with van der Waals surface area (Å²) in [6, 6.07) is 13.6. The van der Waals surface area contributed by atoms with Crippen molar-refractivity contribution >= 4 is 39.0 Å². The van der Waals surface area contributed by atoms with E-state index in [0.29, 0.717) is 24.5 Å². The Morgan fingerprint density at radius 3 is 2.65 bits per heavy atom. The molecule has 9 heteroatoms. The minimum atomic E-state index is -3.77. The van der Waals surface area contributed by atoms with Crippen LogP contribution in [0.15, 0.2) is 58.4 Å². The predicted octanol–water partition coefficient (Wildman–Crippen LogP) is 2.46. The van der Waals surface area contributed by atoms with E-state index >= 15 is 0 Å². The Hall–Kier alpha value is -3.20. The van der Waals surface area contributed by atoms with Crippen molar-refractivity contribution in [2.24, 2.45) is 10.9 Å². The van der Waals surface area contributed by atoms with E-state index in [1.54, 1.807) is 17.0 Å². The average molecular weight is 441 g/mol. The van der Waals surface area contributed by atoms with E-state index in [2.05, 4.69) is 15.0 Å². The second-order valence-electron chi connectivity index (χ2n) is 7.80. The van der Waals surface area contributed by atoms with Gasteiger partial charge in [-0.2, -0.15) is 0 Å².